The fourth-order valence-corrected chi connectivity index (χ4v) is 3.22. The molecule has 1 aromatic carbocycles. The lowest BCUT2D eigenvalue weighted by molar-refractivity contribution is 0.0897. The molecule has 140 valence electrons. The smallest absolute Gasteiger partial charge is 0.316 e. The zero-order valence-corrected chi connectivity index (χ0v) is 15.6. The Morgan fingerprint density at radius 3 is 2.85 bits per heavy atom. The highest BCUT2D eigenvalue weighted by Crippen LogP contribution is 2.21. The molecule has 26 heavy (non-hydrogen) atoms. The number of aromatic nitrogens is 2. The third kappa shape index (κ3) is 4.40. The van der Waals surface area contributed by atoms with Gasteiger partial charge in [0.1, 0.15) is 5.75 Å². The van der Waals surface area contributed by atoms with E-state index in [0.717, 1.165) is 30.8 Å². The molecule has 3 rings (SSSR count). The number of nitrogens with zero attached hydrogens (tertiary/aromatic N) is 3. The van der Waals surface area contributed by atoms with Gasteiger partial charge in [0.15, 0.2) is 0 Å². The lowest BCUT2D eigenvalue weighted by Crippen LogP contribution is -2.40. The molecule has 7 heteroatoms. The van der Waals surface area contributed by atoms with Gasteiger partial charge >= 0.3 is 11.8 Å². The van der Waals surface area contributed by atoms with Gasteiger partial charge in [0.2, 0.25) is 5.82 Å². The van der Waals surface area contributed by atoms with Crippen molar-refractivity contribution in [3.63, 3.8) is 0 Å². The number of ether oxygens (including phenoxy) is 1. The second-order valence-corrected chi connectivity index (χ2v) is 6.75. The molecule has 1 aliphatic heterocycles. The largest absolute Gasteiger partial charge is 0.491 e. The van der Waals surface area contributed by atoms with Gasteiger partial charge in [0.25, 0.3) is 0 Å². The monoisotopic (exact) mass is 358 g/mol. The molecule has 0 unspecified atom stereocenters. The molecule has 0 saturated carbocycles. The van der Waals surface area contributed by atoms with E-state index in [-0.39, 0.29) is 17.9 Å². The van der Waals surface area contributed by atoms with Gasteiger partial charge < -0.3 is 14.6 Å². The maximum Gasteiger partial charge on any atom is 0.316 e. The maximum absolute atomic E-state index is 12.3. The minimum atomic E-state index is -0.327. The number of carbonyl (C=O) groups is 1. The second-order valence-electron chi connectivity index (χ2n) is 6.75. The van der Waals surface area contributed by atoms with Crippen LogP contribution in [-0.2, 0) is 0 Å². The van der Waals surface area contributed by atoms with E-state index >= 15 is 0 Å². The van der Waals surface area contributed by atoms with Crippen LogP contribution in [0.1, 0.15) is 44.3 Å². The van der Waals surface area contributed by atoms with Crippen molar-refractivity contribution >= 4 is 5.91 Å². The van der Waals surface area contributed by atoms with E-state index in [2.05, 4.69) is 27.3 Å². The molecule has 2 heterocycles. The van der Waals surface area contributed by atoms with Gasteiger partial charge in [-0.25, -0.2) is 0 Å². The average molecular weight is 358 g/mol. The number of carbonyl (C=O) groups excluding carboxylic acids is 1. The second kappa shape index (κ2) is 8.31. The summed E-state index contributed by atoms with van der Waals surface area (Å²) in [6.07, 6.45) is 2.40. The fourth-order valence-electron chi connectivity index (χ4n) is 3.22. The summed E-state index contributed by atoms with van der Waals surface area (Å²) >= 11 is 0. The zero-order chi connectivity index (χ0) is 18.5. The highest BCUT2D eigenvalue weighted by Gasteiger charge is 2.24. The highest BCUT2D eigenvalue weighted by molar-refractivity contribution is 5.89. The first-order valence-electron chi connectivity index (χ1n) is 9.20. The van der Waals surface area contributed by atoms with Crippen LogP contribution in [0.4, 0.5) is 0 Å². The summed E-state index contributed by atoms with van der Waals surface area (Å²) in [7, 11) is 0. The normalized spacial score (nSPS) is 17.6. The highest BCUT2D eigenvalue weighted by atomic mass is 16.5. The SMILES string of the molecule is CCN1CCC[C@H]1CNC(=O)c1nc(-c2ccc(OC(C)C)cc2)no1. The quantitative estimate of drug-likeness (QED) is 0.820. The van der Waals surface area contributed by atoms with Crippen molar-refractivity contribution in [2.75, 3.05) is 19.6 Å². The Morgan fingerprint density at radius 1 is 1.38 bits per heavy atom. The van der Waals surface area contributed by atoms with Gasteiger partial charge in [-0.05, 0) is 64.0 Å². The van der Waals surface area contributed by atoms with Crippen LogP contribution in [0, 0.1) is 0 Å². The number of hydrogen-bond acceptors (Lipinski definition) is 6. The average Bonchev–Trinajstić information content (AvgIpc) is 3.29. The van der Waals surface area contributed by atoms with Crippen molar-refractivity contribution in [1.29, 1.82) is 0 Å². The summed E-state index contributed by atoms with van der Waals surface area (Å²) in [5, 5.41) is 6.81. The Labute approximate surface area is 153 Å². The number of hydrogen-bond donors (Lipinski definition) is 1. The number of likely N-dealkylation sites (N-methyl/N-ethyl adjacent to an activating group) is 1. The number of benzene rings is 1. The third-order valence-corrected chi connectivity index (χ3v) is 4.51. The molecule has 1 amide bonds. The summed E-state index contributed by atoms with van der Waals surface area (Å²) in [5.74, 6) is 0.833. The van der Waals surface area contributed by atoms with Crippen molar-refractivity contribution in [2.24, 2.45) is 0 Å². The van der Waals surface area contributed by atoms with Crippen molar-refractivity contribution in [3.05, 3.63) is 30.2 Å². The summed E-state index contributed by atoms with van der Waals surface area (Å²) in [6, 6.07) is 7.79. The first kappa shape index (κ1) is 18.4. The number of amides is 1. The van der Waals surface area contributed by atoms with Gasteiger partial charge in [-0.3, -0.25) is 9.69 Å². The van der Waals surface area contributed by atoms with Crippen LogP contribution in [-0.4, -0.2) is 52.7 Å². The molecule has 1 saturated heterocycles. The zero-order valence-electron chi connectivity index (χ0n) is 15.6. The molecule has 1 atom stereocenters. The maximum atomic E-state index is 12.3. The number of rotatable bonds is 7. The van der Waals surface area contributed by atoms with Crippen molar-refractivity contribution in [3.8, 4) is 17.1 Å². The summed E-state index contributed by atoms with van der Waals surface area (Å²) in [5.41, 5.74) is 0.775. The van der Waals surface area contributed by atoms with Crippen molar-refractivity contribution < 1.29 is 14.1 Å². The molecule has 1 fully saturated rings. The van der Waals surface area contributed by atoms with Gasteiger partial charge in [0, 0.05) is 18.2 Å². The molecule has 0 bridgehead atoms. The first-order valence-corrected chi connectivity index (χ1v) is 9.20. The minimum absolute atomic E-state index is 0.0106. The van der Waals surface area contributed by atoms with E-state index < -0.39 is 0 Å². The summed E-state index contributed by atoms with van der Waals surface area (Å²) in [4.78, 5) is 18.9. The lowest BCUT2D eigenvalue weighted by atomic mass is 10.2. The van der Waals surface area contributed by atoms with Gasteiger partial charge in [-0.1, -0.05) is 12.1 Å². The van der Waals surface area contributed by atoms with E-state index in [9.17, 15) is 4.79 Å². The van der Waals surface area contributed by atoms with Crippen LogP contribution in [0.25, 0.3) is 11.4 Å². The Hall–Kier alpha value is -2.41. The molecule has 0 radical (unpaired) electrons. The Bertz CT molecular complexity index is 727. The molecule has 1 N–H and O–H groups in total. The minimum Gasteiger partial charge on any atom is -0.491 e. The predicted molar refractivity (Wildman–Crippen MR) is 98.1 cm³/mol. The molecule has 1 aromatic heterocycles. The van der Waals surface area contributed by atoms with E-state index in [0.29, 0.717) is 18.4 Å². The summed E-state index contributed by atoms with van der Waals surface area (Å²) < 4.78 is 10.7. The van der Waals surface area contributed by atoms with E-state index in [4.69, 9.17) is 9.26 Å². The Kier molecular flexibility index (Phi) is 5.88. The molecule has 2 aromatic rings. The number of likely N-dealkylation sites (tertiary alicyclic amines) is 1. The lowest BCUT2D eigenvalue weighted by Gasteiger charge is -2.22. The van der Waals surface area contributed by atoms with Crippen LogP contribution >= 0.6 is 0 Å². The predicted octanol–water partition coefficient (Wildman–Crippen LogP) is 2.74. The molecule has 7 nitrogen and oxygen atoms in total. The van der Waals surface area contributed by atoms with Crippen molar-refractivity contribution in [1.82, 2.24) is 20.4 Å². The van der Waals surface area contributed by atoms with E-state index in [1.54, 1.807) is 0 Å². The molecule has 0 aliphatic carbocycles. The first-order chi connectivity index (χ1) is 12.6. The number of nitrogens with one attached hydrogen (secondary N) is 1. The van der Waals surface area contributed by atoms with Crippen LogP contribution in [0.5, 0.6) is 5.75 Å². The van der Waals surface area contributed by atoms with Gasteiger partial charge in [-0.15, -0.1) is 0 Å². The molecule has 0 spiro atoms. The molecule has 1 aliphatic rings. The van der Waals surface area contributed by atoms with Crippen molar-refractivity contribution in [2.45, 2.75) is 45.8 Å². The summed E-state index contributed by atoms with van der Waals surface area (Å²) in [6.45, 7) is 8.79. The van der Waals surface area contributed by atoms with E-state index in [1.165, 1.54) is 6.42 Å². The fraction of sp³-hybridized carbons (Fsp3) is 0.526. The van der Waals surface area contributed by atoms with Crippen LogP contribution < -0.4 is 10.1 Å². The van der Waals surface area contributed by atoms with Gasteiger partial charge in [-0.2, -0.15) is 4.98 Å². The Balaban J connectivity index is 1.59. The third-order valence-electron chi connectivity index (χ3n) is 4.51. The topological polar surface area (TPSA) is 80.5 Å². The standard InChI is InChI=1S/C19H26N4O3/c1-4-23-11-5-6-15(23)12-20-18(24)19-21-17(22-26-19)14-7-9-16(10-8-14)25-13(2)3/h7-10,13,15H,4-6,11-12H2,1-3H3,(H,20,24)/t15-/m0/s1. The Morgan fingerprint density at radius 2 is 2.15 bits per heavy atom. The van der Waals surface area contributed by atoms with Crippen LogP contribution in [0.3, 0.4) is 0 Å². The van der Waals surface area contributed by atoms with Crippen LogP contribution in [0.2, 0.25) is 0 Å². The molecular formula is C19H26N4O3. The van der Waals surface area contributed by atoms with Gasteiger partial charge in [0.05, 0.1) is 6.10 Å². The van der Waals surface area contributed by atoms with E-state index in [1.807, 2.05) is 38.1 Å². The molecular weight excluding hydrogens is 332 g/mol. The van der Waals surface area contributed by atoms with Crippen LogP contribution in [0.15, 0.2) is 28.8 Å².